The van der Waals surface area contributed by atoms with Gasteiger partial charge >= 0.3 is 0 Å². The summed E-state index contributed by atoms with van der Waals surface area (Å²) in [6.45, 7) is 4.29. The van der Waals surface area contributed by atoms with Crippen LogP contribution < -0.4 is 5.32 Å². The average molecular weight is 387 g/mol. The van der Waals surface area contributed by atoms with Crippen LogP contribution in [0.4, 0.5) is 4.79 Å². The highest BCUT2D eigenvalue weighted by molar-refractivity contribution is 8.14. The second kappa shape index (κ2) is 8.74. The van der Waals surface area contributed by atoms with Crippen LogP contribution in [0.1, 0.15) is 56.6 Å². The van der Waals surface area contributed by atoms with E-state index < -0.39 is 0 Å². The van der Waals surface area contributed by atoms with Crippen LogP contribution in [0.15, 0.2) is 30.3 Å². The summed E-state index contributed by atoms with van der Waals surface area (Å²) in [5.74, 6) is 0.356. The maximum absolute atomic E-state index is 12.4. The van der Waals surface area contributed by atoms with Crippen LogP contribution in [-0.2, 0) is 9.59 Å². The molecule has 0 unspecified atom stereocenters. The number of hydrogen-bond acceptors (Lipinski definition) is 4. The summed E-state index contributed by atoms with van der Waals surface area (Å²) in [5.41, 5.74) is 2.23. The van der Waals surface area contributed by atoms with Crippen LogP contribution in [0.25, 0.3) is 6.08 Å². The van der Waals surface area contributed by atoms with E-state index in [9.17, 15) is 14.4 Å². The van der Waals surface area contributed by atoms with Crippen molar-refractivity contribution in [3.05, 3.63) is 41.5 Å². The van der Waals surface area contributed by atoms with Crippen molar-refractivity contribution in [1.82, 2.24) is 10.2 Å². The molecule has 0 radical (unpaired) electrons. The standard InChI is InChI=1S/C21H26N2O3S/c1-14(2)16-10-7-15(8-11-16)9-12-19(24)22-17-5-3-4-6-18(17)23-20(25)13-27-21(23)26/h7-12,14,17-18H,3-6,13H2,1-2H3,(H,22,24)/b12-9+/t17-,18-/m1/s1. The first kappa shape index (κ1) is 19.7. The molecule has 1 N–H and O–H groups in total. The molecule has 2 fully saturated rings. The van der Waals surface area contributed by atoms with E-state index in [2.05, 4.69) is 31.3 Å². The molecule has 2 aliphatic rings. The van der Waals surface area contributed by atoms with E-state index in [0.29, 0.717) is 5.92 Å². The number of carbonyl (C=O) groups excluding carboxylic acids is 3. The second-order valence-electron chi connectivity index (χ2n) is 7.44. The van der Waals surface area contributed by atoms with Crippen LogP contribution in [0.3, 0.4) is 0 Å². The van der Waals surface area contributed by atoms with Gasteiger partial charge in [0.2, 0.25) is 11.8 Å². The fourth-order valence-electron chi connectivity index (χ4n) is 3.67. The number of hydrogen-bond donors (Lipinski definition) is 1. The zero-order chi connectivity index (χ0) is 19.4. The Morgan fingerprint density at radius 1 is 1.19 bits per heavy atom. The minimum absolute atomic E-state index is 0.142. The van der Waals surface area contributed by atoms with Crippen molar-refractivity contribution in [2.75, 3.05) is 5.75 Å². The third kappa shape index (κ3) is 4.80. The number of nitrogens with one attached hydrogen (secondary N) is 1. The lowest BCUT2D eigenvalue weighted by Crippen LogP contribution is -2.54. The lowest BCUT2D eigenvalue weighted by atomic mass is 9.89. The van der Waals surface area contributed by atoms with E-state index in [1.165, 1.54) is 16.5 Å². The quantitative estimate of drug-likeness (QED) is 0.778. The minimum atomic E-state index is -0.226. The fraction of sp³-hybridized carbons (Fsp3) is 0.476. The molecular weight excluding hydrogens is 360 g/mol. The highest BCUT2D eigenvalue weighted by atomic mass is 32.2. The molecule has 2 atom stereocenters. The van der Waals surface area contributed by atoms with E-state index in [1.807, 2.05) is 12.1 Å². The lowest BCUT2D eigenvalue weighted by Gasteiger charge is -2.36. The summed E-state index contributed by atoms with van der Waals surface area (Å²) >= 11 is 1.05. The van der Waals surface area contributed by atoms with Crippen LogP contribution in [0.5, 0.6) is 0 Å². The van der Waals surface area contributed by atoms with Gasteiger partial charge in [0, 0.05) is 6.08 Å². The summed E-state index contributed by atoms with van der Waals surface area (Å²) in [7, 11) is 0. The highest BCUT2D eigenvalue weighted by Gasteiger charge is 2.40. The van der Waals surface area contributed by atoms with Crippen molar-refractivity contribution in [2.45, 2.75) is 57.5 Å². The summed E-state index contributed by atoms with van der Waals surface area (Å²) in [6.07, 6.45) is 6.82. The van der Waals surface area contributed by atoms with Crippen LogP contribution in [0.2, 0.25) is 0 Å². The predicted molar refractivity (Wildman–Crippen MR) is 108 cm³/mol. The van der Waals surface area contributed by atoms with Gasteiger partial charge in [0.15, 0.2) is 0 Å². The molecule has 1 heterocycles. The van der Waals surface area contributed by atoms with Crippen molar-refractivity contribution >= 4 is 34.9 Å². The minimum Gasteiger partial charge on any atom is -0.348 e. The van der Waals surface area contributed by atoms with Gasteiger partial charge in [-0.25, -0.2) is 0 Å². The molecule has 1 saturated carbocycles. The first-order valence-electron chi connectivity index (χ1n) is 9.53. The van der Waals surface area contributed by atoms with Gasteiger partial charge in [0.1, 0.15) is 0 Å². The Balaban J connectivity index is 1.63. The first-order valence-corrected chi connectivity index (χ1v) is 10.5. The van der Waals surface area contributed by atoms with Crippen molar-refractivity contribution < 1.29 is 14.4 Å². The second-order valence-corrected chi connectivity index (χ2v) is 8.37. The zero-order valence-corrected chi connectivity index (χ0v) is 16.6. The monoisotopic (exact) mass is 386 g/mol. The van der Waals surface area contributed by atoms with Gasteiger partial charge < -0.3 is 5.32 Å². The molecule has 144 valence electrons. The molecule has 0 bridgehead atoms. The average Bonchev–Trinajstić information content (AvgIpc) is 2.99. The van der Waals surface area contributed by atoms with Gasteiger partial charge in [-0.1, -0.05) is 62.7 Å². The maximum Gasteiger partial charge on any atom is 0.289 e. The molecule has 1 aromatic rings. The van der Waals surface area contributed by atoms with Crippen LogP contribution in [0, 0.1) is 0 Å². The normalized spacial score (nSPS) is 23.4. The lowest BCUT2D eigenvalue weighted by molar-refractivity contribution is -0.128. The Morgan fingerprint density at radius 2 is 1.89 bits per heavy atom. The Bertz CT molecular complexity index is 726. The van der Waals surface area contributed by atoms with Gasteiger partial charge in [-0.05, 0) is 36.0 Å². The molecule has 1 aromatic carbocycles. The smallest absolute Gasteiger partial charge is 0.289 e. The Kier molecular flexibility index (Phi) is 6.37. The van der Waals surface area contributed by atoms with Gasteiger partial charge in [-0.3, -0.25) is 19.3 Å². The van der Waals surface area contributed by atoms with Gasteiger partial charge in [0.05, 0.1) is 17.8 Å². The molecule has 0 aromatic heterocycles. The number of thioether (sulfide) groups is 1. The molecule has 6 heteroatoms. The number of carbonyl (C=O) groups is 3. The molecular formula is C21H26N2O3S. The van der Waals surface area contributed by atoms with E-state index in [4.69, 9.17) is 0 Å². The van der Waals surface area contributed by atoms with Gasteiger partial charge in [-0.2, -0.15) is 0 Å². The number of benzene rings is 1. The molecule has 1 aliphatic heterocycles. The summed E-state index contributed by atoms with van der Waals surface area (Å²) in [5, 5.41) is 2.82. The largest absolute Gasteiger partial charge is 0.348 e. The predicted octanol–water partition coefficient (Wildman–Crippen LogP) is 3.95. The Morgan fingerprint density at radius 3 is 2.52 bits per heavy atom. The first-order chi connectivity index (χ1) is 13.0. The van der Waals surface area contributed by atoms with E-state index >= 15 is 0 Å². The SMILES string of the molecule is CC(C)c1ccc(/C=C/C(=O)N[C@@H]2CCCC[C@H]2N2C(=O)CSC2=O)cc1. The number of amides is 3. The highest BCUT2D eigenvalue weighted by Crippen LogP contribution is 2.30. The van der Waals surface area contributed by atoms with E-state index in [-0.39, 0.29) is 34.9 Å². The third-order valence-electron chi connectivity index (χ3n) is 5.20. The summed E-state index contributed by atoms with van der Waals surface area (Å²) in [4.78, 5) is 37.9. The summed E-state index contributed by atoms with van der Waals surface area (Å²) in [6, 6.07) is 7.74. The van der Waals surface area contributed by atoms with E-state index in [0.717, 1.165) is 43.0 Å². The molecule has 3 rings (SSSR count). The molecule has 5 nitrogen and oxygen atoms in total. The third-order valence-corrected chi connectivity index (χ3v) is 6.04. The van der Waals surface area contributed by atoms with Crippen LogP contribution >= 0.6 is 11.8 Å². The molecule has 3 amide bonds. The zero-order valence-electron chi connectivity index (χ0n) is 15.8. The molecule has 1 aliphatic carbocycles. The Hall–Kier alpha value is -2.08. The van der Waals surface area contributed by atoms with Gasteiger partial charge in [0.25, 0.3) is 5.24 Å². The Labute approximate surface area is 164 Å². The van der Waals surface area contributed by atoms with Crippen molar-refractivity contribution in [2.24, 2.45) is 0 Å². The topological polar surface area (TPSA) is 66.5 Å². The molecule has 27 heavy (non-hydrogen) atoms. The van der Waals surface area contributed by atoms with Crippen molar-refractivity contribution in [1.29, 1.82) is 0 Å². The maximum atomic E-state index is 12.4. The number of imide groups is 1. The fourth-order valence-corrected chi connectivity index (χ4v) is 4.43. The summed E-state index contributed by atoms with van der Waals surface area (Å²) < 4.78 is 0. The van der Waals surface area contributed by atoms with Crippen molar-refractivity contribution in [3.8, 4) is 0 Å². The van der Waals surface area contributed by atoms with Crippen LogP contribution in [-0.4, -0.2) is 39.8 Å². The number of rotatable bonds is 5. The molecule has 0 spiro atoms. The molecule has 1 saturated heterocycles. The van der Waals surface area contributed by atoms with Crippen molar-refractivity contribution in [3.63, 3.8) is 0 Å². The van der Waals surface area contributed by atoms with E-state index in [1.54, 1.807) is 6.08 Å². The number of nitrogens with zero attached hydrogens (tertiary/aromatic N) is 1. The van der Waals surface area contributed by atoms with Gasteiger partial charge in [-0.15, -0.1) is 0 Å².